The number of carboxylic acid groups (broad SMARTS) is 1. The van der Waals surface area contributed by atoms with Crippen LogP contribution < -0.4 is 9.84 Å². The third-order valence-electron chi connectivity index (χ3n) is 3.15. The van der Waals surface area contributed by atoms with E-state index in [1.165, 1.54) is 38.1 Å². The molecule has 0 N–H and O–H groups in total. The summed E-state index contributed by atoms with van der Waals surface area (Å²) in [6, 6.07) is 4.83. The largest absolute Gasteiger partial charge is 0.544 e. The molecule has 27 heavy (non-hydrogen) atoms. The summed E-state index contributed by atoms with van der Waals surface area (Å²) in [5, 5.41) is 10.6. The molecule has 0 aromatic heterocycles. The lowest BCUT2D eigenvalue weighted by Gasteiger charge is -2.30. The summed E-state index contributed by atoms with van der Waals surface area (Å²) in [6.07, 6.45) is -3.15. The van der Waals surface area contributed by atoms with Crippen LogP contribution in [0, 0.1) is 5.92 Å². The lowest BCUT2D eigenvalue weighted by atomic mass is 10.0. The zero-order valence-electron chi connectivity index (χ0n) is 15.6. The monoisotopic (exact) mass is 387 g/mol. The fraction of sp³-hybridized carbons (Fsp3) is 0.500. The van der Waals surface area contributed by atoms with Crippen LogP contribution in [0.1, 0.15) is 45.0 Å². The summed E-state index contributed by atoms with van der Waals surface area (Å²) in [5.41, 5.74) is -0.886. The Bertz CT molecular complexity index is 691. The number of benzene rings is 1. The number of hydrogen-bond donors (Lipinski definition) is 0. The molecule has 1 aromatic rings. The quantitative estimate of drug-likeness (QED) is 0.546. The molecule has 0 aliphatic carbocycles. The second-order valence-corrected chi connectivity index (χ2v) is 7.07. The third kappa shape index (κ3) is 6.50. The van der Waals surface area contributed by atoms with E-state index >= 15 is 0 Å². The van der Waals surface area contributed by atoms with Gasteiger partial charge in [-0.2, -0.15) is 8.78 Å². The maximum absolute atomic E-state index is 13.7. The maximum Gasteiger partial charge on any atom is 0.514 e. The van der Waals surface area contributed by atoms with Gasteiger partial charge in [-0.15, -0.1) is 0 Å². The molecule has 9 heteroatoms. The Kier molecular flexibility index (Phi) is 6.88. The molecule has 1 atom stereocenters. The van der Waals surface area contributed by atoms with E-state index in [9.17, 15) is 28.3 Å². The van der Waals surface area contributed by atoms with Crippen molar-refractivity contribution in [3.63, 3.8) is 0 Å². The Hall–Kier alpha value is -2.71. The molecule has 0 bridgehead atoms. The summed E-state index contributed by atoms with van der Waals surface area (Å²) in [6.45, 7) is 7.53. The number of rotatable bonds is 6. The van der Waals surface area contributed by atoms with Crippen molar-refractivity contribution in [3.05, 3.63) is 29.8 Å². The van der Waals surface area contributed by atoms with E-state index in [4.69, 9.17) is 9.47 Å². The van der Waals surface area contributed by atoms with Crippen LogP contribution in [-0.2, 0) is 14.3 Å². The first-order valence-corrected chi connectivity index (χ1v) is 8.05. The summed E-state index contributed by atoms with van der Waals surface area (Å²) in [5.74, 6) is -9.05. The van der Waals surface area contributed by atoms with Crippen molar-refractivity contribution >= 4 is 18.1 Å². The van der Waals surface area contributed by atoms with Gasteiger partial charge >= 0.3 is 18.0 Å². The molecule has 0 radical (unpaired) electrons. The first-order valence-electron chi connectivity index (χ1n) is 8.05. The number of carbonyl (C=O) groups excluding carboxylic acids is 3. The highest BCUT2D eigenvalue weighted by molar-refractivity contribution is 5.90. The standard InChI is InChI=1S/C18H22F2O7/c1-10(2)13(18(19,20)15(22)23)26-14(21)11-6-8-12(9-7-11)25-16(24)27-17(3,4)5/h6-10,13H,1-5H3,(H,22,23)/p-1. The minimum Gasteiger partial charge on any atom is -0.544 e. The highest BCUT2D eigenvalue weighted by Gasteiger charge is 2.46. The topological polar surface area (TPSA) is 102 Å². The van der Waals surface area contributed by atoms with Crippen molar-refractivity contribution in [3.8, 4) is 5.75 Å². The van der Waals surface area contributed by atoms with Crippen molar-refractivity contribution in [2.45, 2.75) is 52.2 Å². The van der Waals surface area contributed by atoms with Gasteiger partial charge in [0.2, 0.25) is 0 Å². The number of aliphatic carboxylic acids is 1. The first kappa shape index (κ1) is 22.3. The SMILES string of the molecule is CC(C)C(OC(=O)c1ccc(OC(=O)OC(C)(C)C)cc1)C(F)(F)C(=O)[O-]. The Morgan fingerprint density at radius 3 is 1.96 bits per heavy atom. The molecule has 7 nitrogen and oxygen atoms in total. The summed E-state index contributed by atoms with van der Waals surface area (Å²) in [7, 11) is 0. The van der Waals surface area contributed by atoms with E-state index in [0.29, 0.717) is 0 Å². The van der Waals surface area contributed by atoms with Gasteiger partial charge in [0, 0.05) is 0 Å². The molecule has 0 amide bonds. The molecule has 0 aliphatic heterocycles. The van der Waals surface area contributed by atoms with Crippen molar-refractivity contribution < 1.29 is 42.5 Å². The van der Waals surface area contributed by atoms with E-state index in [1.807, 2.05) is 0 Å². The number of esters is 1. The van der Waals surface area contributed by atoms with Gasteiger partial charge < -0.3 is 24.1 Å². The predicted molar refractivity (Wildman–Crippen MR) is 87.3 cm³/mol. The van der Waals surface area contributed by atoms with E-state index in [0.717, 1.165) is 0 Å². The van der Waals surface area contributed by atoms with E-state index < -0.39 is 41.6 Å². The molecule has 0 saturated heterocycles. The fourth-order valence-electron chi connectivity index (χ4n) is 1.95. The molecule has 1 aromatic carbocycles. The Morgan fingerprint density at radius 2 is 1.56 bits per heavy atom. The number of alkyl halides is 2. The van der Waals surface area contributed by atoms with Crippen LogP contribution in [0.15, 0.2) is 24.3 Å². The van der Waals surface area contributed by atoms with Crippen molar-refractivity contribution in [1.29, 1.82) is 0 Å². The van der Waals surface area contributed by atoms with Crippen LogP contribution in [0.2, 0.25) is 0 Å². The average molecular weight is 387 g/mol. The van der Waals surface area contributed by atoms with Crippen molar-refractivity contribution in [2.75, 3.05) is 0 Å². The van der Waals surface area contributed by atoms with Gasteiger partial charge in [0.05, 0.1) is 5.56 Å². The number of halogens is 2. The zero-order chi connectivity index (χ0) is 21.0. The van der Waals surface area contributed by atoms with Gasteiger partial charge in [-0.1, -0.05) is 13.8 Å². The summed E-state index contributed by atoms with van der Waals surface area (Å²) >= 11 is 0. The van der Waals surface area contributed by atoms with Crippen LogP contribution in [0.3, 0.4) is 0 Å². The lowest BCUT2D eigenvalue weighted by Crippen LogP contribution is -2.53. The van der Waals surface area contributed by atoms with Gasteiger partial charge in [0.25, 0.3) is 0 Å². The van der Waals surface area contributed by atoms with Gasteiger partial charge in [0.1, 0.15) is 17.3 Å². The van der Waals surface area contributed by atoms with Crippen LogP contribution >= 0.6 is 0 Å². The van der Waals surface area contributed by atoms with Crippen LogP contribution in [0.25, 0.3) is 0 Å². The minimum atomic E-state index is -4.34. The summed E-state index contributed by atoms with van der Waals surface area (Å²) < 4.78 is 41.9. The van der Waals surface area contributed by atoms with Crippen molar-refractivity contribution in [1.82, 2.24) is 0 Å². The molecule has 0 fully saturated rings. The second-order valence-electron chi connectivity index (χ2n) is 7.07. The maximum atomic E-state index is 13.7. The Morgan fingerprint density at radius 1 is 1.04 bits per heavy atom. The van der Waals surface area contributed by atoms with Gasteiger partial charge in [0.15, 0.2) is 6.10 Å². The van der Waals surface area contributed by atoms with Crippen LogP contribution in [0.5, 0.6) is 5.75 Å². The smallest absolute Gasteiger partial charge is 0.514 e. The zero-order valence-corrected chi connectivity index (χ0v) is 15.6. The lowest BCUT2D eigenvalue weighted by molar-refractivity contribution is -0.337. The molecule has 1 rings (SSSR count). The molecule has 0 saturated carbocycles. The molecule has 0 aliphatic rings. The first-order chi connectivity index (χ1) is 12.2. The molecule has 0 heterocycles. The minimum absolute atomic E-state index is 0.0567. The Labute approximate surface area is 155 Å². The Balaban J connectivity index is 2.84. The number of carbonyl (C=O) groups is 3. The van der Waals surface area contributed by atoms with Crippen LogP contribution in [-0.4, -0.2) is 35.7 Å². The number of carboxylic acids is 1. The van der Waals surface area contributed by atoms with Gasteiger partial charge in [-0.05, 0) is 51.0 Å². The molecule has 1 unspecified atom stereocenters. The van der Waals surface area contributed by atoms with E-state index in [1.54, 1.807) is 20.8 Å². The van der Waals surface area contributed by atoms with Gasteiger partial charge in [-0.25, -0.2) is 9.59 Å². The average Bonchev–Trinajstić information content (AvgIpc) is 2.50. The predicted octanol–water partition coefficient (Wildman–Crippen LogP) is 2.57. The molecular formula is C18H21F2O7-. The highest BCUT2D eigenvalue weighted by atomic mass is 19.3. The fourth-order valence-corrected chi connectivity index (χ4v) is 1.95. The highest BCUT2D eigenvalue weighted by Crippen LogP contribution is 2.28. The molecular weight excluding hydrogens is 366 g/mol. The van der Waals surface area contributed by atoms with E-state index in [2.05, 4.69) is 4.74 Å². The number of ether oxygens (including phenoxy) is 3. The molecule has 150 valence electrons. The van der Waals surface area contributed by atoms with E-state index in [-0.39, 0.29) is 11.3 Å². The number of hydrogen-bond acceptors (Lipinski definition) is 7. The molecule has 0 spiro atoms. The van der Waals surface area contributed by atoms with Crippen LogP contribution in [0.4, 0.5) is 13.6 Å². The third-order valence-corrected chi connectivity index (χ3v) is 3.15. The second kappa shape index (κ2) is 8.32. The normalized spacial score (nSPS) is 13.0. The van der Waals surface area contributed by atoms with Crippen molar-refractivity contribution in [2.24, 2.45) is 5.92 Å². The van der Waals surface area contributed by atoms with Gasteiger partial charge in [-0.3, -0.25) is 0 Å². The summed E-state index contributed by atoms with van der Waals surface area (Å²) in [4.78, 5) is 34.2.